The number of nitrogens with one attached hydrogen (secondary N) is 1. The highest BCUT2D eigenvalue weighted by Crippen LogP contribution is 2.27. The summed E-state index contributed by atoms with van der Waals surface area (Å²) >= 11 is 0. The number of benzene rings is 1. The number of rotatable bonds is 3. The van der Waals surface area contributed by atoms with Gasteiger partial charge in [0.05, 0.1) is 23.2 Å². The van der Waals surface area contributed by atoms with Crippen molar-refractivity contribution in [3.05, 3.63) is 56.1 Å². The summed E-state index contributed by atoms with van der Waals surface area (Å²) in [5.74, 6) is -1.29. The predicted molar refractivity (Wildman–Crippen MR) is 85.6 cm³/mol. The van der Waals surface area contributed by atoms with Crippen LogP contribution in [0.2, 0.25) is 0 Å². The number of halogens is 4. The molecule has 0 saturated carbocycles. The molecule has 0 aliphatic heterocycles. The Kier molecular flexibility index (Phi) is 4.89. The van der Waals surface area contributed by atoms with E-state index in [1.54, 1.807) is 6.07 Å². The van der Waals surface area contributed by atoms with Crippen LogP contribution in [-0.4, -0.2) is 31.3 Å². The molecular weight excluding hydrogens is 396 g/mol. The van der Waals surface area contributed by atoms with E-state index >= 15 is 0 Å². The van der Waals surface area contributed by atoms with Gasteiger partial charge in [-0.25, -0.2) is 22.2 Å². The van der Waals surface area contributed by atoms with Crippen molar-refractivity contribution in [1.82, 2.24) is 9.55 Å². The third-order valence-electron chi connectivity index (χ3n) is 3.50. The molecule has 0 aliphatic carbocycles. The monoisotopic (exact) mass is 406 g/mol. The molecule has 0 spiro atoms. The lowest BCUT2D eigenvalue weighted by Crippen LogP contribution is -2.36. The second-order valence-electron chi connectivity index (χ2n) is 5.32. The zero-order valence-electron chi connectivity index (χ0n) is 13.6. The fraction of sp³-hybridized carbons (Fsp3) is 0.214. The lowest BCUT2D eigenvalue weighted by molar-refractivity contribution is -0.141. The Balaban J connectivity index is 2.84. The highest BCUT2D eigenvalue weighted by molar-refractivity contribution is 7.92. The Bertz CT molecular complexity index is 1140. The number of aromatic amines is 1. The fourth-order valence-corrected chi connectivity index (χ4v) is 2.64. The number of nitriles is 1. The molecule has 1 aromatic heterocycles. The Morgan fingerprint density at radius 3 is 2.26 bits per heavy atom. The van der Waals surface area contributed by atoms with Crippen molar-refractivity contribution in [2.45, 2.75) is 6.18 Å². The van der Waals surface area contributed by atoms with Gasteiger partial charge in [-0.1, -0.05) is 0 Å². The zero-order valence-corrected chi connectivity index (χ0v) is 14.4. The van der Waals surface area contributed by atoms with Crippen LogP contribution in [0, 0.1) is 17.1 Å². The summed E-state index contributed by atoms with van der Waals surface area (Å²) in [6.07, 6.45) is -4.23. The maximum Gasteiger partial charge on any atom is 0.431 e. The molecule has 0 bridgehead atoms. The van der Waals surface area contributed by atoms with Gasteiger partial charge in [0.15, 0.2) is 0 Å². The standard InChI is InChI=1S/C14H10F4N4O4S/c1-21(27(2,25)26)9-4-10(8(15)3-7(9)6-19)22-12(23)5-11(14(16,17)18)20-13(22)24/h3-5H,1-2H3,(H,20,24). The van der Waals surface area contributed by atoms with Gasteiger partial charge in [-0.3, -0.25) is 9.10 Å². The first-order valence-corrected chi connectivity index (χ1v) is 8.73. The van der Waals surface area contributed by atoms with Crippen molar-refractivity contribution >= 4 is 15.7 Å². The van der Waals surface area contributed by atoms with Gasteiger partial charge >= 0.3 is 11.9 Å². The SMILES string of the molecule is CN(c1cc(-n2c(=O)cc(C(F)(F)F)[nH]c2=O)c(F)cc1C#N)S(C)(=O)=O. The maximum atomic E-state index is 14.3. The van der Waals surface area contributed by atoms with Crippen molar-refractivity contribution < 1.29 is 26.0 Å². The molecule has 0 fully saturated rings. The van der Waals surface area contributed by atoms with Crippen LogP contribution in [0.5, 0.6) is 0 Å². The summed E-state index contributed by atoms with van der Waals surface area (Å²) in [6, 6.07) is 2.89. The van der Waals surface area contributed by atoms with Crippen LogP contribution in [0.25, 0.3) is 5.69 Å². The van der Waals surface area contributed by atoms with Crippen molar-refractivity contribution in [2.75, 3.05) is 17.6 Å². The minimum atomic E-state index is -5.01. The third-order valence-corrected chi connectivity index (χ3v) is 4.69. The predicted octanol–water partition coefficient (Wildman–Crippen LogP) is 0.951. The van der Waals surface area contributed by atoms with E-state index in [1.165, 1.54) is 4.98 Å². The van der Waals surface area contributed by atoms with Crippen LogP contribution in [0.4, 0.5) is 23.2 Å². The summed E-state index contributed by atoms with van der Waals surface area (Å²) in [7, 11) is -2.87. The van der Waals surface area contributed by atoms with Crippen LogP contribution < -0.4 is 15.6 Å². The molecule has 2 aromatic rings. The maximum absolute atomic E-state index is 14.3. The first-order valence-electron chi connectivity index (χ1n) is 6.89. The summed E-state index contributed by atoms with van der Waals surface area (Å²) in [6.45, 7) is 0. The Hall–Kier alpha value is -3.14. The van der Waals surface area contributed by atoms with E-state index in [9.17, 15) is 35.6 Å². The van der Waals surface area contributed by atoms with Crippen LogP contribution in [0.15, 0.2) is 27.8 Å². The number of hydrogen-bond donors (Lipinski definition) is 1. The zero-order chi connectivity index (χ0) is 20.7. The van der Waals surface area contributed by atoms with Crippen LogP contribution in [0.3, 0.4) is 0 Å². The molecule has 144 valence electrons. The van der Waals surface area contributed by atoms with Crippen LogP contribution in [0.1, 0.15) is 11.3 Å². The second kappa shape index (κ2) is 6.54. The van der Waals surface area contributed by atoms with Crippen molar-refractivity contribution in [2.24, 2.45) is 0 Å². The molecule has 0 saturated heterocycles. The molecule has 1 N–H and O–H groups in total. The van der Waals surface area contributed by atoms with Gasteiger partial charge in [-0.15, -0.1) is 0 Å². The number of anilines is 1. The molecule has 0 aliphatic rings. The molecule has 27 heavy (non-hydrogen) atoms. The molecule has 0 atom stereocenters. The molecule has 1 heterocycles. The number of hydrogen-bond acceptors (Lipinski definition) is 5. The third kappa shape index (κ3) is 3.85. The van der Waals surface area contributed by atoms with Crippen molar-refractivity contribution in [1.29, 1.82) is 5.26 Å². The number of sulfonamides is 1. The summed E-state index contributed by atoms with van der Waals surface area (Å²) in [4.78, 5) is 25.3. The first kappa shape index (κ1) is 20.2. The van der Waals surface area contributed by atoms with Gasteiger partial charge in [-0.2, -0.15) is 18.4 Å². The van der Waals surface area contributed by atoms with E-state index in [1.807, 2.05) is 0 Å². The quantitative estimate of drug-likeness (QED) is 0.762. The van der Waals surface area contributed by atoms with Gasteiger partial charge in [-0.05, 0) is 12.1 Å². The van der Waals surface area contributed by atoms with Crippen molar-refractivity contribution in [3.63, 3.8) is 0 Å². The van der Waals surface area contributed by atoms with Crippen molar-refractivity contribution in [3.8, 4) is 11.8 Å². The lowest BCUT2D eigenvalue weighted by Gasteiger charge is -2.19. The molecule has 0 radical (unpaired) electrons. The average Bonchev–Trinajstić information content (AvgIpc) is 2.52. The van der Waals surface area contributed by atoms with E-state index in [-0.39, 0.29) is 16.3 Å². The first-order chi connectivity index (χ1) is 12.3. The van der Waals surface area contributed by atoms with E-state index < -0.39 is 50.2 Å². The number of nitrogens with zero attached hydrogens (tertiary/aromatic N) is 3. The van der Waals surface area contributed by atoms with Crippen LogP contribution >= 0.6 is 0 Å². The van der Waals surface area contributed by atoms with Gasteiger partial charge in [0.25, 0.3) is 5.56 Å². The minimum absolute atomic E-state index is 0.0546. The fourth-order valence-electron chi connectivity index (χ4n) is 2.13. The van der Waals surface area contributed by atoms with E-state index in [4.69, 9.17) is 5.26 Å². The number of aromatic nitrogens is 2. The van der Waals surface area contributed by atoms with Gasteiger partial charge in [0.1, 0.15) is 17.6 Å². The molecule has 0 amide bonds. The summed E-state index contributed by atoms with van der Waals surface area (Å²) < 4.78 is 76.3. The largest absolute Gasteiger partial charge is 0.431 e. The van der Waals surface area contributed by atoms with Crippen LogP contribution in [-0.2, 0) is 16.2 Å². The molecule has 13 heteroatoms. The summed E-state index contributed by atoms with van der Waals surface area (Å²) in [5.41, 5.74) is -6.34. The topological polar surface area (TPSA) is 116 Å². The highest BCUT2D eigenvalue weighted by atomic mass is 32.2. The second-order valence-corrected chi connectivity index (χ2v) is 7.34. The molecule has 2 rings (SSSR count). The molecule has 0 unspecified atom stereocenters. The summed E-state index contributed by atoms with van der Waals surface area (Å²) in [5, 5.41) is 9.05. The Morgan fingerprint density at radius 1 is 1.22 bits per heavy atom. The van der Waals surface area contributed by atoms with Gasteiger partial charge < -0.3 is 4.98 Å². The average molecular weight is 406 g/mol. The molecular formula is C14H10F4N4O4S. The smallest absolute Gasteiger partial charge is 0.303 e. The normalized spacial score (nSPS) is 11.9. The Labute approximate surface area is 148 Å². The molecule has 1 aromatic carbocycles. The highest BCUT2D eigenvalue weighted by Gasteiger charge is 2.33. The lowest BCUT2D eigenvalue weighted by atomic mass is 10.1. The minimum Gasteiger partial charge on any atom is -0.303 e. The van der Waals surface area contributed by atoms with E-state index in [0.717, 1.165) is 13.3 Å². The molecule has 8 nitrogen and oxygen atoms in total. The van der Waals surface area contributed by atoms with E-state index in [2.05, 4.69) is 0 Å². The van der Waals surface area contributed by atoms with Gasteiger partial charge in [0.2, 0.25) is 10.0 Å². The van der Waals surface area contributed by atoms with Gasteiger partial charge in [0, 0.05) is 13.1 Å². The number of H-pyrrole nitrogens is 1. The number of alkyl halides is 3. The van der Waals surface area contributed by atoms with E-state index in [0.29, 0.717) is 16.4 Å². The Morgan fingerprint density at radius 2 is 1.81 bits per heavy atom.